The van der Waals surface area contributed by atoms with Gasteiger partial charge in [-0.3, -0.25) is 14.9 Å². The first kappa shape index (κ1) is 22.6. The van der Waals surface area contributed by atoms with Crippen molar-refractivity contribution in [1.82, 2.24) is 5.32 Å². The van der Waals surface area contributed by atoms with Crippen molar-refractivity contribution >= 4 is 41.2 Å². The molecule has 4 amide bonds. The standard InChI is InChI=1S/C24H25ClN2O4/c1-3-4-5-6-13-31-19-11-8-17(9-12-19)14-20-22(28)26-24(30)27(23(20)29)18-10-7-16(2)21(25)15-18/h7-12,14-15H,3-6,13H2,1-2H3,(H,26,28,30)/b20-14+. The summed E-state index contributed by atoms with van der Waals surface area (Å²) in [5, 5.41) is 2.63. The van der Waals surface area contributed by atoms with E-state index in [2.05, 4.69) is 12.2 Å². The number of imide groups is 2. The maximum absolute atomic E-state index is 13.0. The molecule has 0 saturated carbocycles. The highest BCUT2D eigenvalue weighted by molar-refractivity contribution is 6.39. The average Bonchev–Trinajstić information content (AvgIpc) is 2.74. The van der Waals surface area contributed by atoms with Gasteiger partial charge >= 0.3 is 6.03 Å². The molecule has 162 valence electrons. The van der Waals surface area contributed by atoms with E-state index in [1.807, 2.05) is 6.92 Å². The molecule has 0 atom stereocenters. The minimum absolute atomic E-state index is 0.135. The van der Waals surface area contributed by atoms with E-state index < -0.39 is 17.8 Å². The van der Waals surface area contributed by atoms with Gasteiger partial charge in [0.2, 0.25) is 0 Å². The third-order valence-electron chi connectivity index (χ3n) is 4.97. The molecule has 1 heterocycles. The number of hydrogen-bond donors (Lipinski definition) is 1. The predicted octanol–water partition coefficient (Wildman–Crippen LogP) is 5.27. The van der Waals surface area contributed by atoms with Crippen LogP contribution in [-0.2, 0) is 9.59 Å². The van der Waals surface area contributed by atoms with Crippen LogP contribution in [0.2, 0.25) is 5.02 Å². The van der Waals surface area contributed by atoms with E-state index in [1.54, 1.807) is 36.4 Å². The molecule has 0 radical (unpaired) electrons. The predicted molar refractivity (Wildman–Crippen MR) is 121 cm³/mol. The van der Waals surface area contributed by atoms with Gasteiger partial charge in [-0.2, -0.15) is 0 Å². The summed E-state index contributed by atoms with van der Waals surface area (Å²) in [5.41, 5.74) is 1.62. The number of hydrogen-bond acceptors (Lipinski definition) is 4. The third kappa shape index (κ3) is 5.52. The molecule has 0 aliphatic carbocycles. The van der Waals surface area contributed by atoms with Gasteiger partial charge in [-0.15, -0.1) is 0 Å². The smallest absolute Gasteiger partial charge is 0.335 e. The molecule has 7 heteroatoms. The Balaban J connectivity index is 1.76. The Kier molecular flexibility index (Phi) is 7.47. The quantitative estimate of drug-likeness (QED) is 0.344. The van der Waals surface area contributed by atoms with Gasteiger partial charge in [-0.25, -0.2) is 9.69 Å². The monoisotopic (exact) mass is 440 g/mol. The highest BCUT2D eigenvalue weighted by Gasteiger charge is 2.36. The van der Waals surface area contributed by atoms with Crippen molar-refractivity contribution in [2.24, 2.45) is 0 Å². The zero-order valence-corrected chi connectivity index (χ0v) is 18.4. The third-order valence-corrected chi connectivity index (χ3v) is 5.38. The Labute approximate surface area is 186 Å². The minimum atomic E-state index is -0.807. The summed E-state index contributed by atoms with van der Waals surface area (Å²) in [4.78, 5) is 38.5. The van der Waals surface area contributed by atoms with Gasteiger partial charge < -0.3 is 4.74 Å². The zero-order chi connectivity index (χ0) is 22.4. The lowest BCUT2D eigenvalue weighted by Gasteiger charge is -2.26. The van der Waals surface area contributed by atoms with Crippen molar-refractivity contribution in [2.45, 2.75) is 39.5 Å². The number of halogens is 1. The number of aryl methyl sites for hydroxylation is 1. The largest absolute Gasteiger partial charge is 0.494 e. The second kappa shape index (κ2) is 10.3. The molecule has 6 nitrogen and oxygen atoms in total. The summed E-state index contributed by atoms with van der Waals surface area (Å²) < 4.78 is 5.72. The van der Waals surface area contributed by atoms with Gasteiger partial charge in [0, 0.05) is 5.02 Å². The molecule has 0 bridgehead atoms. The van der Waals surface area contributed by atoms with E-state index in [4.69, 9.17) is 16.3 Å². The van der Waals surface area contributed by atoms with E-state index in [1.165, 1.54) is 25.0 Å². The van der Waals surface area contributed by atoms with Crippen LogP contribution >= 0.6 is 11.6 Å². The maximum Gasteiger partial charge on any atom is 0.335 e. The Morgan fingerprint density at radius 2 is 1.77 bits per heavy atom. The average molecular weight is 441 g/mol. The topological polar surface area (TPSA) is 75.7 Å². The second-order valence-electron chi connectivity index (χ2n) is 7.37. The first-order valence-corrected chi connectivity index (χ1v) is 10.7. The van der Waals surface area contributed by atoms with E-state index in [0.717, 1.165) is 29.1 Å². The van der Waals surface area contributed by atoms with E-state index in [0.29, 0.717) is 22.9 Å². The van der Waals surface area contributed by atoms with Crippen LogP contribution in [0, 0.1) is 6.92 Å². The highest BCUT2D eigenvalue weighted by atomic mass is 35.5. The fourth-order valence-electron chi connectivity index (χ4n) is 3.16. The Morgan fingerprint density at radius 3 is 2.45 bits per heavy atom. The number of carbonyl (C=O) groups excluding carboxylic acids is 3. The molecule has 3 rings (SSSR count). The second-order valence-corrected chi connectivity index (χ2v) is 7.78. The highest BCUT2D eigenvalue weighted by Crippen LogP contribution is 2.27. The molecular weight excluding hydrogens is 416 g/mol. The van der Waals surface area contributed by atoms with Gasteiger partial charge in [0.1, 0.15) is 11.3 Å². The summed E-state index contributed by atoms with van der Waals surface area (Å²) >= 11 is 6.14. The van der Waals surface area contributed by atoms with Crippen LogP contribution < -0.4 is 15.0 Å². The van der Waals surface area contributed by atoms with Crippen molar-refractivity contribution < 1.29 is 19.1 Å². The summed E-state index contributed by atoms with van der Waals surface area (Å²) in [7, 11) is 0. The number of anilines is 1. The fourth-order valence-corrected chi connectivity index (χ4v) is 3.33. The normalized spacial score (nSPS) is 15.4. The summed E-state index contributed by atoms with van der Waals surface area (Å²) in [5.74, 6) is -0.713. The van der Waals surface area contributed by atoms with Crippen molar-refractivity contribution in [2.75, 3.05) is 11.5 Å². The minimum Gasteiger partial charge on any atom is -0.494 e. The number of nitrogens with one attached hydrogen (secondary N) is 1. The molecule has 0 spiro atoms. The number of barbiturate groups is 1. The van der Waals surface area contributed by atoms with E-state index >= 15 is 0 Å². The molecule has 1 N–H and O–H groups in total. The Morgan fingerprint density at radius 1 is 1.03 bits per heavy atom. The van der Waals surface area contributed by atoms with Crippen molar-refractivity contribution in [3.05, 3.63) is 64.2 Å². The van der Waals surface area contributed by atoms with Gasteiger partial charge in [0.05, 0.1) is 12.3 Å². The van der Waals surface area contributed by atoms with Gasteiger partial charge in [0.25, 0.3) is 11.8 Å². The lowest BCUT2D eigenvalue weighted by molar-refractivity contribution is -0.122. The zero-order valence-electron chi connectivity index (χ0n) is 17.6. The Bertz CT molecular complexity index is 1010. The van der Waals surface area contributed by atoms with Crippen molar-refractivity contribution in [1.29, 1.82) is 0 Å². The molecule has 0 aromatic heterocycles. The van der Waals surface area contributed by atoms with Crippen molar-refractivity contribution in [3.63, 3.8) is 0 Å². The first-order valence-electron chi connectivity index (χ1n) is 10.3. The SMILES string of the molecule is CCCCCCOc1ccc(/C=C2\C(=O)NC(=O)N(c3ccc(C)c(Cl)c3)C2=O)cc1. The fraction of sp³-hybridized carbons (Fsp3) is 0.292. The molecule has 31 heavy (non-hydrogen) atoms. The van der Waals surface area contributed by atoms with Crippen LogP contribution in [0.15, 0.2) is 48.0 Å². The molecule has 2 aromatic rings. The summed E-state index contributed by atoms with van der Waals surface area (Å²) in [6.45, 7) is 4.63. The number of rotatable bonds is 8. The molecule has 1 saturated heterocycles. The molecule has 1 aliphatic heterocycles. The van der Waals surface area contributed by atoms with Gasteiger partial charge in [-0.1, -0.05) is 56.0 Å². The maximum atomic E-state index is 13.0. The van der Waals surface area contributed by atoms with Crippen LogP contribution in [0.1, 0.15) is 43.7 Å². The van der Waals surface area contributed by atoms with E-state index in [9.17, 15) is 14.4 Å². The van der Waals surface area contributed by atoms with Gasteiger partial charge in [0.15, 0.2) is 0 Å². The van der Waals surface area contributed by atoms with Crippen molar-refractivity contribution in [3.8, 4) is 5.75 Å². The lowest BCUT2D eigenvalue weighted by Crippen LogP contribution is -2.54. The number of benzene rings is 2. The summed E-state index contributed by atoms with van der Waals surface area (Å²) in [6, 6.07) is 11.1. The number of amides is 4. The number of unbranched alkanes of at least 4 members (excludes halogenated alkanes) is 3. The number of carbonyl (C=O) groups is 3. The molecule has 0 unspecified atom stereocenters. The number of nitrogens with zero attached hydrogens (tertiary/aromatic N) is 1. The molecule has 1 aliphatic rings. The van der Waals surface area contributed by atoms with Crippen LogP contribution in [0.5, 0.6) is 5.75 Å². The van der Waals surface area contributed by atoms with Crippen LogP contribution in [0.3, 0.4) is 0 Å². The Hall–Kier alpha value is -3.12. The van der Waals surface area contributed by atoms with Gasteiger partial charge in [-0.05, 0) is 54.8 Å². The van der Waals surface area contributed by atoms with Crippen LogP contribution in [-0.4, -0.2) is 24.5 Å². The number of urea groups is 1. The first-order chi connectivity index (χ1) is 14.9. The summed E-state index contributed by atoms with van der Waals surface area (Å²) in [6.07, 6.45) is 5.97. The number of ether oxygens (including phenoxy) is 1. The molecule has 2 aromatic carbocycles. The molecular formula is C24H25ClN2O4. The lowest BCUT2D eigenvalue weighted by atomic mass is 10.1. The molecule has 1 fully saturated rings. The van der Waals surface area contributed by atoms with E-state index in [-0.39, 0.29) is 5.57 Å². The van der Waals surface area contributed by atoms with Crippen LogP contribution in [0.4, 0.5) is 10.5 Å². The van der Waals surface area contributed by atoms with Crippen LogP contribution in [0.25, 0.3) is 6.08 Å².